The lowest BCUT2D eigenvalue weighted by Crippen LogP contribution is -2.44. The molecule has 100 valence electrons. The summed E-state index contributed by atoms with van der Waals surface area (Å²) in [5.41, 5.74) is 0.153. The van der Waals surface area contributed by atoms with Gasteiger partial charge in [0, 0.05) is 19.6 Å². The first kappa shape index (κ1) is 14.5. The Morgan fingerprint density at radius 3 is 2.65 bits per heavy atom. The minimum absolute atomic E-state index is 0.0511. The van der Waals surface area contributed by atoms with Crippen molar-refractivity contribution in [3.63, 3.8) is 0 Å². The van der Waals surface area contributed by atoms with Gasteiger partial charge in [-0.1, -0.05) is 20.8 Å². The van der Waals surface area contributed by atoms with Crippen LogP contribution in [0.1, 0.15) is 27.2 Å². The van der Waals surface area contributed by atoms with Gasteiger partial charge in [-0.25, -0.2) is 0 Å². The second-order valence-corrected chi connectivity index (χ2v) is 6.06. The predicted molar refractivity (Wildman–Crippen MR) is 71.0 cm³/mol. The highest BCUT2D eigenvalue weighted by atomic mass is 16.2. The van der Waals surface area contributed by atoms with E-state index in [-0.39, 0.29) is 17.4 Å². The SMILES string of the molecule is CCNC1CCN(CC(C)(C)CN(C)C)C1=O. The largest absolute Gasteiger partial charge is 0.341 e. The van der Waals surface area contributed by atoms with Crippen molar-refractivity contribution in [3.05, 3.63) is 0 Å². The Morgan fingerprint density at radius 1 is 1.47 bits per heavy atom. The second-order valence-electron chi connectivity index (χ2n) is 6.06. The normalized spacial score (nSPS) is 21.6. The number of nitrogens with one attached hydrogen (secondary N) is 1. The molecular formula is C13H27N3O. The molecule has 1 N–H and O–H groups in total. The molecule has 1 amide bonds. The lowest BCUT2D eigenvalue weighted by atomic mass is 9.92. The van der Waals surface area contributed by atoms with Gasteiger partial charge in [-0.15, -0.1) is 0 Å². The standard InChI is InChI=1S/C13H27N3O/c1-6-14-11-7-8-16(12(11)17)10-13(2,3)9-15(4)5/h11,14H,6-10H2,1-5H3. The molecule has 1 aliphatic rings. The summed E-state index contributed by atoms with van der Waals surface area (Å²) in [6.07, 6.45) is 0.949. The quantitative estimate of drug-likeness (QED) is 0.746. The van der Waals surface area contributed by atoms with Crippen LogP contribution in [0.15, 0.2) is 0 Å². The van der Waals surface area contributed by atoms with Crippen molar-refractivity contribution in [3.8, 4) is 0 Å². The van der Waals surface area contributed by atoms with Crippen LogP contribution in [-0.2, 0) is 4.79 Å². The number of likely N-dealkylation sites (tertiary alicyclic amines) is 1. The number of carbonyl (C=O) groups excluding carboxylic acids is 1. The van der Waals surface area contributed by atoms with Gasteiger partial charge < -0.3 is 15.1 Å². The third kappa shape index (κ3) is 4.28. The summed E-state index contributed by atoms with van der Waals surface area (Å²) in [6.45, 7) is 10.1. The Labute approximate surface area is 105 Å². The molecule has 1 fully saturated rings. The molecule has 1 unspecified atom stereocenters. The molecule has 0 radical (unpaired) electrons. The average Bonchev–Trinajstić information content (AvgIpc) is 2.48. The molecule has 0 aromatic carbocycles. The summed E-state index contributed by atoms with van der Waals surface area (Å²) in [6, 6.07) is 0.0511. The first-order valence-electron chi connectivity index (χ1n) is 6.52. The maximum absolute atomic E-state index is 12.1. The zero-order valence-electron chi connectivity index (χ0n) is 11.9. The van der Waals surface area contributed by atoms with Crippen LogP contribution >= 0.6 is 0 Å². The van der Waals surface area contributed by atoms with E-state index in [1.807, 2.05) is 11.8 Å². The van der Waals surface area contributed by atoms with Crippen molar-refractivity contribution in [2.45, 2.75) is 33.2 Å². The lowest BCUT2D eigenvalue weighted by Gasteiger charge is -2.32. The van der Waals surface area contributed by atoms with E-state index in [0.717, 1.165) is 32.6 Å². The summed E-state index contributed by atoms with van der Waals surface area (Å²) < 4.78 is 0. The third-order valence-corrected chi connectivity index (χ3v) is 3.11. The van der Waals surface area contributed by atoms with Gasteiger partial charge in [0.2, 0.25) is 5.91 Å². The Kier molecular flexibility index (Phi) is 4.95. The predicted octanol–water partition coefficient (Wildman–Crippen LogP) is 0.785. The fourth-order valence-electron chi connectivity index (χ4n) is 2.75. The minimum atomic E-state index is 0.0511. The van der Waals surface area contributed by atoms with E-state index < -0.39 is 0 Å². The monoisotopic (exact) mass is 241 g/mol. The molecule has 17 heavy (non-hydrogen) atoms. The number of hydrogen-bond acceptors (Lipinski definition) is 3. The fraction of sp³-hybridized carbons (Fsp3) is 0.923. The third-order valence-electron chi connectivity index (χ3n) is 3.11. The van der Waals surface area contributed by atoms with Crippen molar-refractivity contribution in [1.29, 1.82) is 0 Å². The van der Waals surface area contributed by atoms with E-state index in [1.165, 1.54) is 0 Å². The molecule has 0 aromatic heterocycles. The van der Waals surface area contributed by atoms with Crippen LogP contribution in [0.25, 0.3) is 0 Å². The van der Waals surface area contributed by atoms with Gasteiger partial charge in [-0.05, 0) is 32.5 Å². The van der Waals surface area contributed by atoms with E-state index in [1.54, 1.807) is 0 Å². The van der Waals surface area contributed by atoms with E-state index >= 15 is 0 Å². The van der Waals surface area contributed by atoms with Gasteiger partial charge in [0.1, 0.15) is 0 Å². The molecule has 4 heteroatoms. The maximum atomic E-state index is 12.1. The zero-order chi connectivity index (χ0) is 13.1. The zero-order valence-corrected chi connectivity index (χ0v) is 11.9. The molecule has 0 aliphatic carbocycles. The number of nitrogens with zero attached hydrogens (tertiary/aromatic N) is 2. The molecule has 0 spiro atoms. The molecule has 1 atom stereocenters. The van der Waals surface area contributed by atoms with Crippen LogP contribution in [0, 0.1) is 5.41 Å². The first-order chi connectivity index (χ1) is 7.85. The highest BCUT2D eigenvalue weighted by Gasteiger charge is 2.34. The molecule has 0 aromatic rings. The van der Waals surface area contributed by atoms with Crippen LogP contribution in [0.2, 0.25) is 0 Å². The van der Waals surface area contributed by atoms with E-state index in [4.69, 9.17) is 0 Å². The van der Waals surface area contributed by atoms with Crippen LogP contribution in [0.3, 0.4) is 0 Å². The van der Waals surface area contributed by atoms with Crippen molar-refractivity contribution < 1.29 is 4.79 Å². The Morgan fingerprint density at radius 2 is 2.12 bits per heavy atom. The second kappa shape index (κ2) is 5.83. The van der Waals surface area contributed by atoms with Crippen molar-refractivity contribution in [2.24, 2.45) is 5.41 Å². The lowest BCUT2D eigenvalue weighted by molar-refractivity contribution is -0.130. The fourth-order valence-corrected chi connectivity index (χ4v) is 2.75. The van der Waals surface area contributed by atoms with Gasteiger partial charge >= 0.3 is 0 Å². The maximum Gasteiger partial charge on any atom is 0.239 e. The molecular weight excluding hydrogens is 214 g/mol. The van der Waals surface area contributed by atoms with E-state index in [9.17, 15) is 4.79 Å². The number of amides is 1. The van der Waals surface area contributed by atoms with Gasteiger partial charge in [-0.2, -0.15) is 0 Å². The summed E-state index contributed by atoms with van der Waals surface area (Å²) in [5.74, 6) is 0.277. The smallest absolute Gasteiger partial charge is 0.239 e. The molecule has 1 aliphatic heterocycles. The molecule has 4 nitrogen and oxygen atoms in total. The molecule has 1 rings (SSSR count). The van der Waals surface area contributed by atoms with E-state index in [0.29, 0.717) is 0 Å². The number of hydrogen-bond donors (Lipinski definition) is 1. The highest BCUT2D eigenvalue weighted by molar-refractivity contribution is 5.84. The number of rotatable bonds is 6. The molecule has 1 heterocycles. The van der Waals surface area contributed by atoms with Gasteiger partial charge in [0.05, 0.1) is 6.04 Å². The van der Waals surface area contributed by atoms with Gasteiger partial charge in [-0.3, -0.25) is 4.79 Å². The van der Waals surface area contributed by atoms with Crippen LogP contribution in [0.4, 0.5) is 0 Å². The first-order valence-corrected chi connectivity index (χ1v) is 6.52. The average molecular weight is 241 g/mol. The van der Waals surface area contributed by atoms with Crippen molar-refractivity contribution in [2.75, 3.05) is 40.3 Å². The summed E-state index contributed by atoms with van der Waals surface area (Å²) in [4.78, 5) is 16.3. The summed E-state index contributed by atoms with van der Waals surface area (Å²) in [7, 11) is 4.16. The van der Waals surface area contributed by atoms with Crippen LogP contribution in [-0.4, -0.2) is 62.0 Å². The van der Waals surface area contributed by atoms with Crippen molar-refractivity contribution in [1.82, 2.24) is 15.1 Å². The van der Waals surface area contributed by atoms with Crippen LogP contribution < -0.4 is 5.32 Å². The molecule has 0 bridgehead atoms. The van der Waals surface area contributed by atoms with Gasteiger partial charge in [0.15, 0.2) is 0 Å². The number of likely N-dealkylation sites (N-methyl/N-ethyl adjacent to an activating group) is 1. The molecule has 1 saturated heterocycles. The molecule has 0 saturated carbocycles. The van der Waals surface area contributed by atoms with Crippen molar-refractivity contribution >= 4 is 5.91 Å². The minimum Gasteiger partial charge on any atom is -0.341 e. The van der Waals surface area contributed by atoms with Crippen LogP contribution in [0.5, 0.6) is 0 Å². The topological polar surface area (TPSA) is 35.6 Å². The Bertz CT molecular complexity index is 263. The highest BCUT2D eigenvalue weighted by Crippen LogP contribution is 2.21. The van der Waals surface area contributed by atoms with Gasteiger partial charge in [0.25, 0.3) is 0 Å². The summed E-state index contributed by atoms with van der Waals surface area (Å²) >= 11 is 0. The summed E-state index contributed by atoms with van der Waals surface area (Å²) in [5, 5.41) is 3.25. The Balaban J connectivity index is 2.50. The van der Waals surface area contributed by atoms with E-state index in [2.05, 4.69) is 38.2 Å². The Hall–Kier alpha value is -0.610. The number of carbonyl (C=O) groups is 1.